The van der Waals surface area contributed by atoms with Gasteiger partial charge in [-0.15, -0.1) is 0 Å². The Labute approximate surface area is 174 Å². The van der Waals surface area contributed by atoms with Gasteiger partial charge in [0.15, 0.2) is 6.61 Å². The monoisotopic (exact) mass is 497 g/mol. The smallest absolute Gasteiger partial charge is 0.338 e. The highest BCUT2D eigenvalue weighted by atomic mass is 127. The summed E-state index contributed by atoms with van der Waals surface area (Å²) < 4.78 is 15.1. The van der Waals surface area contributed by atoms with E-state index in [0.717, 1.165) is 3.57 Å². The lowest BCUT2D eigenvalue weighted by Gasteiger charge is -2.10. The van der Waals surface area contributed by atoms with Crippen LogP contribution < -0.4 is 5.32 Å². The van der Waals surface area contributed by atoms with Crippen LogP contribution in [0.3, 0.4) is 0 Å². The van der Waals surface area contributed by atoms with Gasteiger partial charge in [-0.2, -0.15) is 0 Å². The van der Waals surface area contributed by atoms with E-state index in [1.54, 1.807) is 18.2 Å². The van der Waals surface area contributed by atoms with Crippen LogP contribution in [-0.2, 0) is 19.0 Å². The predicted octanol–water partition coefficient (Wildman–Crippen LogP) is 2.66. The maximum absolute atomic E-state index is 12.1. The number of esters is 3. The zero-order valence-electron chi connectivity index (χ0n) is 15.0. The van der Waals surface area contributed by atoms with Gasteiger partial charge in [-0.05, 0) is 59.0 Å². The minimum absolute atomic E-state index is 0.0524. The lowest BCUT2D eigenvalue weighted by Crippen LogP contribution is -2.21. The molecule has 146 valence electrons. The molecule has 8 nitrogen and oxygen atoms in total. The van der Waals surface area contributed by atoms with Crippen LogP contribution in [0.15, 0.2) is 42.5 Å². The van der Waals surface area contributed by atoms with Gasteiger partial charge in [0.2, 0.25) is 0 Å². The predicted molar refractivity (Wildman–Crippen MR) is 107 cm³/mol. The molecule has 0 bridgehead atoms. The van der Waals surface area contributed by atoms with E-state index in [1.165, 1.54) is 32.4 Å². The van der Waals surface area contributed by atoms with Gasteiger partial charge < -0.3 is 19.5 Å². The van der Waals surface area contributed by atoms with Crippen LogP contribution >= 0.6 is 22.6 Å². The van der Waals surface area contributed by atoms with E-state index < -0.39 is 30.4 Å². The number of hydrogen-bond donors (Lipinski definition) is 1. The highest BCUT2D eigenvalue weighted by molar-refractivity contribution is 14.1. The number of carbonyl (C=O) groups is 4. The second-order valence-corrected chi connectivity index (χ2v) is 6.66. The fourth-order valence-electron chi connectivity index (χ4n) is 2.20. The number of nitrogens with one attached hydrogen (secondary N) is 1. The van der Waals surface area contributed by atoms with Crippen LogP contribution in [0.5, 0.6) is 0 Å². The fourth-order valence-corrected chi connectivity index (χ4v) is 2.74. The van der Waals surface area contributed by atoms with Gasteiger partial charge in [-0.3, -0.25) is 4.79 Å². The Balaban J connectivity index is 2.09. The highest BCUT2D eigenvalue weighted by Crippen LogP contribution is 2.17. The summed E-state index contributed by atoms with van der Waals surface area (Å²) in [6.07, 6.45) is 0. The first-order valence-electron chi connectivity index (χ1n) is 7.88. The summed E-state index contributed by atoms with van der Waals surface area (Å²) in [5.74, 6) is -2.67. The number of ether oxygens (including phenoxy) is 3. The number of methoxy groups -OCH3 is 2. The largest absolute Gasteiger partial charge is 0.465 e. The summed E-state index contributed by atoms with van der Waals surface area (Å²) in [5.41, 5.74) is 0.576. The molecule has 0 saturated heterocycles. The summed E-state index contributed by atoms with van der Waals surface area (Å²) in [5, 5.41) is 2.47. The Morgan fingerprint density at radius 1 is 0.857 bits per heavy atom. The van der Waals surface area contributed by atoms with Crippen LogP contribution in [0.25, 0.3) is 0 Å². The molecule has 2 aromatic carbocycles. The maximum atomic E-state index is 12.1. The number of anilines is 1. The Morgan fingerprint density at radius 3 is 2.00 bits per heavy atom. The number of halogens is 1. The van der Waals surface area contributed by atoms with E-state index in [4.69, 9.17) is 4.74 Å². The molecule has 0 aromatic heterocycles. The normalized spacial score (nSPS) is 9.96. The second-order valence-electron chi connectivity index (χ2n) is 5.42. The third-order valence-electron chi connectivity index (χ3n) is 3.45. The van der Waals surface area contributed by atoms with Crippen molar-refractivity contribution in [3.63, 3.8) is 0 Å². The van der Waals surface area contributed by atoms with Crippen molar-refractivity contribution in [1.82, 2.24) is 0 Å². The summed E-state index contributed by atoms with van der Waals surface area (Å²) in [4.78, 5) is 47.6. The third kappa shape index (κ3) is 5.78. The van der Waals surface area contributed by atoms with Crippen LogP contribution in [0.1, 0.15) is 31.1 Å². The van der Waals surface area contributed by atoms with E-state index in [-0.39, 0.29) is 16.8 Å². The van der Waals surface area contributed by atoms with Crippen molar-refractivity contribution in [2.45, 2.75) is 0 Å². The van der Waals surface area contributed by atoms with Gasteiger partial charge in [-0.1, -0.05) is 6.07 Å². The van der Waals surface area contributed by atoms with E-state index >= 15 is 0 Å². The molecule has 1 amide bonds. The molecule has 0 atom stereocenters. The first-order chi connectivity index (χ1) is 13.3. The van der Waals surface area contributed by atoms with Crippen molar-refractivity contribution in [1.29, 1.82) is 0 Å². The molecule has 0 saturated carbocycles. The van der Waals surface area contributed by atoms with E-state index in [2.05, 4.69) is 37.4 Å². The Bertz CT molecular complexity index is 892. The van der Waals surface area contributed by atoms with Crippen molar-refractivity contribution < 1.29 is 33.4 Å². The first-order valence-corrected chi connectivity index (χ1v) is 8.96. The lowest BCUT2D eigenvalue weighted by atomic mass is 10.1. The molecule has 1 N–H and O–H groups in total. The Kier molecular flexibility index (Phi) is 7.50. The lowest BCUT2D eigenvalue weighted by molar-refractivity contribution is -0.119. The quantitative estimate of drug-likeness (QED) is 0.372. The number of hydrogen-bond acceptors (Lipinski definition) is 7. The molecule has 9 heteroatoms. The summed E-state index contributed by atoms with van der Waals surface area (Å²) in [6, 6.07) is 10.7. The minimum Gasteiger partial charge on any atom is -0.465 e. The minimum atomic E-state index is -0.689. The highest BCUT2D eigenvalue weighted by Gasteiger charge is 2.16. The Morgan fingerprint density at radius 2 is 1.46 bits per heavy atom. The molecule has 0 aliphatic carbocycles. The maximum Gasteiger partial charge on any atom is 0.338 e. The average Bonchev–Trinajstić information content (AvgIpc) is 2.70. The molecule has 2 rings (SSSR count). The van der Waals surface area contributed by atoms with Crippen molar-refractivity contribution in [3.8, 4) is 0 Å². The Hall–Kier alpha value is -2.95. The van der Waals surface area contributed by atoms with Gasteiger partial charge in [0.25, 0.3) is 5.91 Å². The molecule has 0 aliphatic heterocycles. The number of amides is 1. The van der Waals surface area contributed by atoms with Crippen molar-refractivity contribution in [3.05, 3.63) is 62.7 Å². The van der Waals surface area contributed by atoms with Gasteiger partial charge in [-0.25, -0.2) is 14.4 Å². The van der Waals surface area contributed by atoms with Crippen LogP contribution in [0.4, 0.5) is 5.69 Å². The summed E-state index contributed by atoms with van der Waals surface area (Å²) in [7, 11) is 2.38. The fraction of sp³-hybridized carbons (Fsp3) is 0.158. The number of benzene rings is 2. The molecule has 0 unspecified atom stereocenters. The second kappa shape index (κ2) is 9.83. The topological polar surface area (TPSA) is 108 Å². The van der Waals surface area contributed by atoms with Gasteiger partial charge in [0, 0.05) is 9.26 Å². The first kappa shape index (κ1) is 21.4. The average molecular weight is 497 g/mol. The number of carbonyl (C=O) groups excluding carboxylic acids is 4. The third-order valence-corrected chi connectivity index (χ3v) is 4.12. The van der Waals surface area contributed by atoms with Crippen molar-refractivity contribution in [2.75, 3.05) is 26.1 Å². The molecule has 0 radical (unpaired) electrons. The van der Waals surface area contributed by atoms with Crippen molar-refractivity contribution in [2.24, 2.45) is 0 Å². The number of rotatable bonds is 6. The molecule has 0 fully saturated rings. The van der Waals surface area contributed by atoms with Gasteiger partial charge in [0.1, 0.15) is 0 Å². The SMILES string of the molecule is COC(=O)c1cc(NC(=O)COC(=O)c2cccc(I)c2)cc(C(=O)OC)c1. The van der Waals surface area contributed by atoms with E-state index in [9.17, 15) is 19.2 Å². The molecule has 2 aromatic rings. The molecule has 28 heavy (non-hydrogen) atoms. The zero-order valence-corrected chi connectivity index (χ0v) is 17.1. The molecular formula is C19H16INO7. The molecule has 0 heterocycles. The summed E-state index contributed by atoms with van der Waals surface area (Å²) >= 11 is 2.06. The molecular weight excluding hydrogens is 481 g/mol. The van der Waals surface area contributed by atoms with Gasteiger partial charge in [0.05, 0.1) is 30.9 Å². The van der Waals surface area contributed by atoms with Crippen LogP contribution in [0.2, 0.25) is 0 Å². The van der Waals surface area contributed by atoms with Crippen LogP contribution in [-0.4, -0.2) is 44.6 Å². The standard InChI is InChI=1S/C19H16INO7/c1-26-17(23)12-6-13(18(24)27-2)9-15(8-12)21-16(22)10-28-19(25)11-4-3-5-14(20)7-11/h3-9H,10H2,1-2H3,(H,21,22). The van der Waals surface area contributed by atoms with Crippen molar-refractivity contribution >= 4 is 52.1 Å². The molecule has 0 spiro atoms. The molecule has 0 aliphatic rings. The van der Waals surface area contributed by atoms with E-state index in [1.807, 2.05) is 6.07 Å². The van der Waals surface area contributed by atoms with Crippen LogP contribution in [0, 0.1) is 3.57 Å². The van der Waals surface area contributed by atoms with E-state index in [0.29, 0.717) is 5.56 Å². The summed E-state index contributed by atoms with van der Waals surface area (Å²) in [6.45, 7) is -0.541. The van der Waals surface area contributed by atoms with Gasteiger partial charge >= 0.3 is 17.9 Å². The zero-order chi connectivity index (χ0) is 20.7.